The number of nitrogens with one attached hydrogen (secondary N) is 1. The van der Waals surface area contributed by atoms with Crippen molar-refractivity contribution in [3.63, 3.8) is 0 Å². The van der Waals surface area contributed by atoms with Crippen LogP contribution in [-0.2, 0) is 0 Å². The second-order valence-corrected chi connectivity index (χ2v) is 6.73. The number of aromatic nitrogens is 2. The molecule has 24 heavy (non-hydrogen) atoms. The minimum absolute atomic E-state index is 0.181. The van der Waals surface area contributed by atoms with Crippen LogP contribution in [0, 0.1) is 0 Å². The summed E-state index contributed by atoms with van der Waals surface area (Å²) in [4.78, 5) is 12.3. The molecule has 1 heterocycles. The van der Waals surface area contributed by atoms with Crippen molar-refractivity contribution in [2.24, 2.45) is 0 Å². The van der Waals surface area contributed by atoms with Gasteiger partial charge in [0, 0.05) is 16.5 Å². The Balaban J connectivity index is 1.77. The van der Waals surface area contributed by atoms with Crippen molar-refractivity contribution in [1.29, 1.82) is 0 Å². The Morgan fingerprint density at radius 2 is 1.96 bits per heavy atom. The standard InChI is InChI=1S/C18H16ClN3OS/c1-2-15(12-7-4-3-5-8-12)17-21-22-18(24-17)20-16(23)13-9-6-10-14(19)11-13/h3-11,15H,2H2,1H3,(H,20,22,23)/t15-/m0/s1. The summed E-state index contributed by atoms with van der Waals surface area (Å²) in [6.07, 6.45) is 0.918. The maximum absolute atomic E-state index is 12.3. The number of benzene rings is 2. The van der Waals surface area contributed by atoms with Gasteiger partial charge in [-0.15, -0.1) is 10.2 Å². The summed E-state index contributed by atoms with van der Waals surface area (Å²) >= 11 is 7.32. The second-order valence-electron chi connectivity index (χ2n) is 5.28. The topological polar surface area (TPSA) is 54.9 Å². The highest BCUT2D eigenvalue weighted by molar-refractivity contribution is 7.15. The van der Waals surface area contributed by atoms with Crippen LogP contribution in [-0.4, -0.2) is 16.1 Å². The van der Waals surface area contributed by atoms with Crippen molar-refractivity contribution in [2.75, 3.05) is 5.32 Å². The van der Waals surface area contributed by atoms with E-state index in [0.29, 0.717) is 15.7 Å². The fraction of sp³-hybridized carbons (Fsp3) is 0.167. The predicted molar refractivity (Wildman–Crippen MR) is 97.9 cm³/mol. The van der Waals surface area contributed by atoms with E-state index in [9.17, 15) is 4.79 Å². The lowest BCUT2D eigenvalue weighted by Gasteiger charge is -2.11. The molecule has 0 saturated carbocycles. The predicted octanol–water partition coefficient (Wildman–Crippen LogP) is 4.99. The van der Waals surface area contributed by atoms with Crippen LogP contribution in [0.3, 0.4) is 0 Å². The van der Waals surface area contributed by atoms with Crippen LogP contribution in [0.2, 0.25) is 5.02 Å². The Labute approximate surface area is 149 Å². The van der Waals surface area contributed by atoms with Crippen LogP contribution in [0.25, 0.3) is 0 Å². The van der Waals surface area contributed by atoms with E-state index in [4.69, 9.17) is 11.6 Å². The molecule has 1 amide bonds. The Morgan fingerprint density at radius 1 is 1.17 bits per heavy atom. The number of carbonyl (C=O) groups excluding carboxylic acids is 1. The van der Waals surface area contributed by atoms with E-state index in [1.54, 1.807) is 24.3 Å². The minimum Gasteiger partial charge on any atom is -0.296 e. The molecule has 0 unspecified atom stereocenters. The van der Waals surface area contributed by atoms with E-state index in [2.05, 4.69) is 34.6 Å². The van der Waals surface area contributed by atoms with Crippen LogP contribution in [0.15, 0.2) is 54.6 Å². The van der Waals surface area contributed by atoms with Gasteiger partial charge in [0.05, 0.1) is 0 Å². The maximum atomic E-state index is 12.3. The number of hydrogen-bond donors (Lipinski definition) is 1. The molecular formula is C18H16ClN3OS. The van der Waals surface area contributed by atoms with Gasteiger partial charge in [-0.3, -0.25) is 10.1 Å². The van der Waals surface area contributed by atoms with E-state index in [0.717, 1.165) is 11.4 Å². The fourth-order valence-electron chi connectivity index (χ4n) is 2.46. The molecule has 122 valence electrons. The van der Waals surface area contributed by atoms with Crippen LogP contribution in [0.5, 0.6) is 0 Å². The molecule has 4 nitrogen and oxygen atoms in total. The van der Waals surface area contributed by atoms with Gasteiger partial charge in [-0.2, -0.15) is 0 Å². The highest BCUT2D eigenvalue weighted by Crippen LogP contribution is 2.31. The SMILES string of the molecule is CC[C@@H](c1ccccc1)c1nnc(NC(=O)c2cccc(Cl)c2)s1. The summed E-state index contributed by atoms with van der Waals surface area (Å²) in [6, 6.07) is 17.0. The van der Waals surface area contributed by atoms with Crippen LogP contribution in [0.1, 0.15) is 40.2 Å². The first kappa shape index (κ1) is 16.6. The fourth-order valence-corrected chi connectivity index (χ4v) is 3.60. The first-order chi connectivity index (χ1) is 11.7. The molecule has 1 N–H and O–H groups in total. The van der Waals surface area contributed by atoms with E-state index in [-0.39, 0.29) is 11.8 Å². The van der Waals surface area contributed by atoms with E-state index >= 15 is 0 Å². The lowest BCUT2D eigenvalue weighted by atomic mass is 9.97. The van der Waals surface area contributed by atoms with Gasteiger partial charge in [-0.1, -0.05) is 66.3 Å². The van der Waals surface area contributed by atoms with Gasteiger partial charge in [0.1, 0.15) is 5.01 Å². The molecule has 0 saturated heterocycles. The van der Waals surface area contributed by atoms with Crippen molar-refractivity contribution in [3.05, 3.63) is 75.8 Å². The first-order valence-corrected chi connectivity index (χ1v) is 8.82. The largest absolute Gasteiger partial charge is 0.296 e. The number of halogens is 1. The average molecular weight is 358 g/mol. The van der Waals surface area contributed by atoms with Crippen molar-refractivity contribution in [2.45, 2.75) is 19.3 Å². The molecule has 0 aliphatic carbocycles. The van der Waals surface area contributed by atoms with Crippen LogP contribution < -0.4 is 5.32 Å². The Morgan fingerprint density at radius 3 is 2.67 bits per heavy atom. The molecule has 0 fully saturated rings. The average Bonchev–Trinajstić information content (AvgIpc) is 3.04. The Bertz CT molecular complexity index is 835. The molecule has 6 heteroatoms. The Kier molecular flexibility index (Phi) is 5.23. The second kappa shape index (κ2) is 7.55. The third kappa shape index (κ3) is 3.80. The van der Waals surface area contributed by atoms with Gasteiger partial charge >= 0.3 is 0 Å². The Hall–Kier alpha value is -2.24. The highest BCUT2D eigenvalue weighted by atomic mass is 35.5. The molecule has 0 radical (unpaired) electrons. The van der Waals surface area contributed by atoms with Gasteiger partial charge in [-0.25, -0.2) is 0 Å². The van der Waals surface area contributed by atoms with E-state index in [1.807, 2.05) is 18.2 Å². The van der Waals surface area contributed by atoms with Crippen molar-refractivity contribution in [1.82, 2.24) is 10.2 Å². The summed E-state index contributed by atoms with van der Waals surface area (Å²) in [5.41, 5.74) is 1.69. The van der Waals surface area contributed by atoms with Gasteiger partial charge in [0.25, 0.3) is 5.91 Å². The molecule has 0 aliphatic heterocycles. The zero-order valence-electron chi connectivity index (χ0n) is 13.1. The third-order valence-corrected chi connectivity index (χ3v) is 4.84. The third-order valence-electron chi connectivity index (χ3n) is 3.66. The van der Waals surface area contributed by atoms with E-state index < -0.39 is 0 Å². The number of nitrogens with zero attached hydrogens (tertiary/aromatic N) is 2. The van der Waals surface area contributed by atoms with Gasteiger partial charge < -0.3 is 0 Å². The molecule has 1 atom stereocenters. The lowest BCUT2D eigenvalue weighted by molar-refractivity contribution is 0.102. The number of hydrogen-bond acceptors (Lipinski definition) is 4. The molecule has 0 spiro atoms. The number of carbonyl (C=O) groups is 1. The number of anilines is 1. The number of amides is 1. The molecule has 0 bridgehead atoms. The summed E-state index contributed by atoms with van der Waals surface area (Å²) < 4.78 is 0. The maximum Gasteiger partial charge on any atom is 0.257 e. The lowest BCUT2D eigenvalue weighted by Crippen LogP contribution is -2.11. The smallest absolute Gasteiger partial charge is 0.257 e. The zero-order chi connectivity index (χ0) is 16.9. The monoisotopic (exact) mass is 357 g/mol. The van der Waals surface area contributed by atoms with E-state index in [1.165, 1.54) is 16.9 Å². The first-order valence-electron chi connectivity index (χ1n) is 7.62. The normalized spacial score (nSPS) is 11.9. The summed E-state index contributed by atoms with van der Waals surface area (Å²) in [5.74, 6) is -0.0616. The summed E-state index contributed by atoms with van der Waals surface area (Å²) in [7, 11) is 0. The molecule has 3 aromatic rings. The van der Waals surface area contributed by atoms with Crippen molar-refractivity contribution in [3.8, 4) is 0 Å². The van der Waals surface area contributed by atoms with Crippen LogP contribution >= 0.6 is 22.9 Å². The molecular weight excluding hydrogens is 342 g/mol. The summed E-state index contributed by atoms with van der Waals surface area (Å²) in [5, 5.41) is 13.0. The number of rotatable bonds is 5. The minimum atomic E-state index is -0.243. The molecule has 3 rings (SSSR count). The van der Waals surface area contributed by atoms with Crippen LogP contribution in [0.4, 0.5) is 5.13 Å². The summed E-state index contributed by atoms with van der Waals surface area (Å²) in [6.45, 7) is 2.11. The van der Waals surface area contributed by atoms with Crippen molar-refractivity contribution >= 4 is 34.0 Å². The van der Waals surface area contributed by atoms with Gasteiger partial charge in [0.2, 0.25) is 5.13 Å². The zero-order valence-corrected chi connectivity index (χ0v) is 14.6. The van der Waals surface area contributed by atoms with Crippen molar-refractivity contribution < 1.29 is 4.79 Å². The van der Waals surface area contributed by atoms with Gasteiger partial charge in [0.15, 0.2) is 0 Å². The molecule has 2 aromatic carbocycles. The van der Waals surface area contributed by atoms with Gasteiger partial charge in [-0.05, 0) is 30.2 Å². The quantitative estimate of drug-likeness (QED) is 0.700. The molecule has 1 aromatic heterocycles. The molecule has 0 aliphatic rings. The highest BCUT2D eigenvalue weighted by Gasteiger charge is 2.18.